The Morgan fingerprint density at radius 3 is 2.11 bits per heavy atom. The van der Waals surface area contributed by atoms with Crippen LogP contribution in [0.25, 0.3) is 0 Å². The predicted octanol–water partition coefficient (Wildman–Crippen LogP) is 2.65. The maximum absolute atomic E-state index is 13.0. The van der Waals surface area contributed by atoms with Gasteiger partial charge in [-0.1, -0.05) is 30.3 Å². The van der Waals surface area contributed by atoms with Crippen LogP contribution in [0.1, 0.15) is 18.6 Å². The number of benzene rings is 2. The molecule has 0 aromatic heterocycles. The van der Waals surface area contributed by atoms with Gasteiger partial charge in [0.25, 0.3) is 5.91 Å². The Kier molecular flexibility index (Phi) is 5.96. The number of amides is 1. The molecule has 1 saturated heterocycles. The van der Waals surface area contributed by atoms with Gasteiger partial charge >= 0.3 is 5.97 Å². The van der Waals surface area contributed by atoms with Crippen molar-refractivity contribution >= 4 is 17.6 Å². The van der Waals surface area contributed by atoms with Crippen molar-refractivity contribution in [3.05, 3.63) is 60.2 Å². The van der Waals surface area contributed by atoms with Crippen LogP contribution in [-0.2, 0) is 14.3 Å². The molecule has 0 N–H and O–H groups in total. The molecule has 0 saturated carbocycles. The monoisotopic (exact) mass is 368 g/mol. The third-order valence-corrected chi connectivity index (χ3v) is 4.64. The molecule has 6 nitrogen and oxygen atoms in total. The van der Waals surface area contributed by atoms with Gasteiger partial charge in [-0.05, 0) is 24.3 Å². The van der Waals surface area contributed by atoms with Gasteiger partial charge in [-0.3, -0.25) is 9.59 Å². The molecule has 142 valence electrons. The molecular formula is C21H24N2O4. The minimum absolute atomic E-state index is 0.175. The van der Waals surface area contributed by atoms with E-state index < -0.39 is 12.1 Å². The van der Waals surface area contributed by atoms with Crippen LogP contribution < -0.4 is 9.64 Å². The Hall–Kier alpha value is -3.02. The summed E-state index contributed by atoms with van der Waals surface area (Å²) in [6.45, 7) is 3.93. The maximum Gasteiger partial charge on any atom is 0.303 e. The second-order valence-electron chi connectivity index (χ2n) is 6.41. The van der Waals surface area contributed by atoms with Crippen molar-refractivity contribution in [2.45, 2.75) is 13.0 Å². The van der Waals surface area contributed by atoms with Crippen molar-refractivity contribution in [2.24, 2.45) is 0 Å². The quantitative estimate of drug-likeness (QED) is 0.760. The molecule has 3 rings (SSSR count). The van der Waals surface area contributed by atoms with Crippen LogP contribution in [-0.4, -0.2) is 50.1 Å². The molecule has 0 unspecified atom stereocenters. The first-order valence-corrected chi connectivity index (χ1v) is 8.98. The third kappa shape index (κ3) is 4.58. The van der Waals surface area contributed by atoms with Crippen LogP contribution in [0.2, 0.25) is 0 Å². The summed E-state index contributed by atoms with van der Waals surface area (Å²) in [6, 6.07) is 17.0. The molecule has 1 aliphatic rings. The smallest absolute Gasteiger partial charge is 0.303 e. The van der Waals surface area contributed by atoms with Crippen LogP contribution >= 0.6 is 0 Å². The minimum atomic E-state index is -0.892. The molecule has 1 atom stereocenters. The molecular weight excluding hydrogens is 344 g/mol. The van der Waals surface area contributed by atoms with E-state index in [-0.39, 0.29) is 5.91 Å². The van der Waals surface area contributed by atoms with E-state index in [2.05, 4.69) is 4.90 Å². The minimum Gasteiger partial charge on any atom is -0.497 e. The van der Waals surface area contributed by atoms with E-state index in [9.17, 15) is 9.59 Å². The van der Waals surface area contributed by atoms with Gasteiger partial charge in [0.1, 0.15) is 5.75 Å². The summed E-state index contributed by atoms with van der Waals surface area (Å²) >= 11 is 0. The van der Waals surface area contributed by atoms with Crippen molar-refractivity contribution < 1.29 is 19.1 Å². The van der Waals surface area contributed by atoms with Gasteiger partial charge in [0.15, 0.2) is 0 Å². The van der Waals surface area contributed by atoms with E-state index in [1.807, 2.05) is 42.5 Å². The molecule has 6 heteroatoms. The Labute approximate surface area is 159 Å². The number of methoxy groups -OCH3 is 1. The predicted molar refractivity (Wildman–Crippen MR) is 103 cm³/mol. The second kappa shape index (κ2) is 8.58. The summed E-state index contributed by atoms with van der Waals surface area (Å²) in [5, 5.41) is 0. The summed E-state index contributed by atoms with van der Waals surface area (Å²) in [5.74, 6) is 0.180. The maximum atomic E-state index is 13.0. The van der Waals surface area contributed by atoms with E-state index in [0.717, 1.165) is 24.5 Å². The van der Waals surface area contributed by atoms with Gasteiger partial charge in [0, 0.05) is 44.4 Å². The zero-order chi connectivity index (χ0) is 19.2. The van der Waals surface area contributed by atoms with E-state index >= 15 is 0 Å². The highest BCUT2D eigenvalue weighted by atomic mass is 16.5. The summed E-state index contributed by atoms with van der Waals surface area (Å²) in [5.41, 5.74) is 1.79. The van der Waals surface area contributed by atoms with Crippen LogP contribution in [0.3, 0.4) is 0 Å². The van der Waals surface area contributed by atoms with Gasteiger partial charge in [-0.25, -0.2) is 0 Å². The molecule has 1 fully saturated rings. The summed E-state index contributed by atoms with van der Waals surface area (Å²) in [4.78, 5) is 28.5. The average molecular weight is 368 g/mol. The molecule has 0 aliphatic carbocycles. The average Bonchev–Trinajstić information content (AvgIpc) is 2.72. The van der Waals surface area contributed by atoms with Crippen LogP contribution in [0, 0.1) is 0 Å². The van der Waals surface area contributed by atoms with E-state index in [4.69, 9.17) is 9.47 Å². The highest BCUT2D eigenvalue weighted by Gasteiger charge is 2.30. The Balaban J connectivity index is 1.66. The molecule has 1 heterocycles. The number of hydrogen-bond acceptors (Lipinski definition) is 5. The van der Waals surface area contributed by atoms with Crippen molar-refractivity contribution in [3.63, 3.8) is 0 Å². The van der Waals surface area contributed by atoms with Crippen LogP contribution in [0.15, 0.2) is 54.6 Å². The zero-order valence-corrected chi connectivity index (χ0v) is 15.6. The molecule has 1 aliphatic heterocycles. The highest BCUT2D eigenvalue weighted by Crippen LogP contribution is 2.24. The fourth-order valence-electron chi connectivity index (χ4n) is 3.20. The van der Waals surface area contributed by atoms with Crippen molar-refractivity contribution in [3.8, 4) is 5.75 Å². The van der Waals surface area contributed by atoms with Gasteiger partial charge in [0.05, 0.1) is 7.11 Å². The largest absolute Gasteiger partial charge is 0.497 e. The fourth-order valence-corrected chi connectivity index (χ4v) is 3.20. The molecule has 0 bridgehead atoms. The van der Waals surface area contributed by atoms with Crippen LogP contribution in [0.5, 0.6) is 5.75 Å². The number of hydrogen-bond donors (Lipinski definition) is 0. The number of carbonyl (C=O) groups is 2. The standard InChI is InChI=1S/C21H24N2O4/c1-16(24)27-20(17-6-4-3-5-7-17)21(25)23-14-12-22(13-15-23)18-8-10-19(26-2)11-9-18/h3-11,20H,12-15H2,1-2H3/t20-/m0/s1. The van der Waals surface area contributed by atoms with E-state index in [1.54, 1.807) is 24.1 Å². The number of esters is 1. The third-order valence-electron chi connectivity index (χ3n) is 4.64. The Morgan fingerprint density at radius 1 is 0.926 bits per heavy atom. The second-order valence-corrected chi connectivity index (χ2v) is 6.41. The first-order valence-electron chi connectivity index (χ1n) is 8.98. The number of nitrogens with zero attached hydrogens (tertiary/aromatic N) is 2. The first-order chi connectivity index (χ1) is 13.1. The SMILES string of the molecule is COc1ccc(N2CCN(C(=O)[C@@H](OC(C)=O)c3ccccc3)CC2)cc1. The molecule has 27 heavy (non-hydrogen) atoms. The topological polar surface area (TPSA) is 59.1 Å². The Morgan fingerprint density at radius 2 is 1.56 bits per heavy atom. The molecule has 1 amide bonds. The van der Waals surface area contributed by atoms with Gasteiger partial charge in [-0.2, -0.15) is 0 Å². The van der Waals surface area contributed by atoms with Crippen LogP contribution in [0.4, 0.5) is 5.69 Å². The fraction of sp³-hybridized carbons (Fsp3) is 0.333. The number of carbonyl (C=O) groups excluding carboxylic acids is 2. The molecule has 0 radical (unpaired) electrons. The van der Waals surface area contributed by atoms with Crippen molar-refractivity contribution in [2.75, 3.05) is 38.2 Å². The first kappa shape index (κ1) is 18.8. The lowest BCUT2D eigenvalue weighted by atomic mass is 10.1. The number of rotatable bonds is 5. The number of ether oxygens (including phenoxy) is 2. The lowest BCUT2D eigenvalue weighted by Crippen LogP contribution is -2.50. The number of anilines is 1. The number of piperazine rings is 1. The summed E-state index contributed by atoms with van der Waals surface area (Å²) in [6.07, 6.45) is -0.892. The van der Waals surface area contributed by atoms with Crippen molar-refractivity contribution in [1.82, 2.24) is 4.90 Å². The zero-order valence-electron chi connectivity index (χ0n) is 15.6. The Bertz CT molecular complexity index is 769. The van der Waals surface area contributed by atoms with Crippen molar-refractivity contribution in [1.29, 1.82) is 0 Å². The van der Waals surface area contributed by atoms with Gasteiger partial charge in [0.2, 0.25) is 6.10 Å². The lowest BCUT2D eigenvalue weighted by Gasteiger charge is -2.37. The summed E-state index contributed by atoms with van der Waals surface area (Å²) in [7, 11) is 1.64. The highest BCUT2D eigenvalue weighted by molar-refractivity contribution is 5.85. The van der Waals surface area contributed by atoms with Gasteiger partial charge in [-0.15, -0.1) is 0 Å². The van der Waals surface area contributed by atoms with E-state index in [0.29, 0.717) is 18.7 Å². The van der Waals surface area contributed by atoms with E-state index in [1.165, 1.54) is 6.92 Å². The normalized spacial score (nSPS) is 15.2. The molecule has 0 spiro atoms. The lowest BCUT2D eigenvalue weighted by molar-refractivity contribution is -0.159. The molecule has 2 aromatic carbocycles. The summed E-state index contributed by atoms with van der Waals surface area (Å²) < 4.78 is 10.5. The van der Waals surface area contributed by atoms with Gasteiger partial charge < -0.3 is 19.3 Å². The molecule has 2 aromatic rings.